The zero-order valence-electron chi connectivity index (χ0n) is 18.1. The molecule has 1 aromatic heterocycles. The second kappa shape index (κ2) is 8.51. The fraction of sp³-hybridized carbons (Fsp3) is 0.571. The van der Waals surface area contributed by atoms with Gasteiger partial charge in [-0.1, -0.05) is 20.8 Å². The molecule has 2 N–H and O–H groups in total. The molecule has 3 rings (SSSR count). The summed E-state index contributed by atoms with van der Waals surface area (Å²) < 4.78 is 12.3. The number of rotatable bonds is 7. The summed E-state index contributed by atoms with van der Waals surface area (Å²) in [6.07, 6.45) is 0.978. The minimum atomic E-state index is -0.886. The van der Waals surface area contributed by atoms with E-state index in [9.17, 15) is 14.7 Å². The molecule has 9 heteroatoms. The molecule has 2 heterocycles. The van der Waals surface area contributed by atoms with Crippen LogP contribution in [0.1, 0.15) is 31.1 Å². The van der Waals surface area contributed by atoms with Crippen molar-refractivity contribution in [3.63, 3.8) is 0 Å². The maximum atomic E-state index is 12.5. The summed E-state index contributed by atoms with van der Waals surface area (Å²) in [6, 6.07) is 3.42. The number of benzene rings is 1. The number of carbonyl (C=O) groups excluding carboxylic acids is 1. The lowest BCUT2D eigenvalue weighted by Gasteiger charge is -2.52. The Kier molecular flexibility index (Phi) is 6.21. The fourth-order valence-electron chi connectivity index (χ4n) is 4.32. The first-order chi connectivity index (χ1) is 14.2. The Balaban J connectivity index is 1.83. The van der Waals surface area contributed by atoms with Gasteiger partial charge in [-0.2, -0.15) is 5.10 Å². The standard InChI is InChI=1S/C21H30N4O5/c1-21(2,3)18-13(11-25(18)20(27)28)10-24-12-15-16(23-24)7-6-14(17(15)30-5)19(26)22-8-9-29-4/h6-7,12-13,18H,8-11H2,1-5H3,(H,22,26)(H,27,28). The quantitative estimate of drug-likeness (QED) is 0.669. The number of nitrogens with one attached hydrogen (secondary N) is 1. The second-order valence-electron chi connectivity index (χ2n) is 8.68. The molecular weight excluding hydrogens is 388 g/mol. The molecule has 0 radical (unpaired) electrons. The van der Waals surface area contributed by atoms with E-state index in [1.165, 1.54) is 12.0 Å². The highest BCUT2D eigenvalue weighted by Crippen LogP contribution is 2.39. The van der Waals surface area contributed by atoms with Gasteiger partial charge in [-0.3, -0.25) is 9.48 Å². The third kappa shape index (κ3) is 4.21. The van der Waals surface area contributed by atoms with Crippen molar-refractivity contribution in [3.8, 4) is 5.75 Å². The van der Waals surface area contributed by atoms with Crippen molar-refractivity contribution in [1.29, 1.82) is 0 Å². The van der Waals surface area contributed by atoms with Gasteiger partial charge in [-0.25, -0.2) is 4.79 Å². The molecule has 1 fully saturated rings. The molecular formula is C21H30N4O5. The van der Waals surface area contributed by atoms with Gasteiger partial charge in [0.1, 0.15) is 5.75 Å². The summed E-state index contributed by atoms with van der Waals surface area (Å²) in [4.78, 5) is 25.5. The van der Waals surface area contributed by atoms with Crippen LogP contribution in [0, 0.1) is 11.3 Å². The van der Waals surface area contributed by atoms with Crippen LogP contribution in [-0.2, 0) is 11.3 Å². The summed E-state index contributed by atoms with van der Waals surface area (Å²) in [5.41, 5.74) is 0.995. The van der Waals surface area contributed by atoms with E-state index < -0.39 is 6.09 Å². The first kappa shape index (κ1) is 21.9. The zero-order chi connectivity index (χ0) is 22.1. The number of hydrogen-bond donors (Lipinski definition) is 2. The van der Waals surface area contributed by atoms with Crippen molar-refractivity contribution in [3.05, 3.63) is 23.9 Å². The lowest BCUT2D eigenvalue weighted by molar-refractivity contribution is -0.0424. The number of nitrogens with zero attached hydrogens (tertiary/aromatic N) is 3. The predicted octanol–water partition coefficient (Wildman–Crippen LogP) is 2.45. The summed E-state index contributed by atoms with van der Waals surface area (Å²) in [5.74, 6) is 0.405. The van der Waals surface area contributed by atoms with Crippen LogP contribution in [0.25, 0.3) is 10.9 Å². The molecule has 1 aliphatic rings. The zero-order valence-corrected chi connectivity index (χ0v) is 18.1. The lowest BCUT2D eigenvalue weighted by Crippen LogP contribution is -2.64. The van der Waals surface area contributed by atoms with Crippen molar-refractivity contribution in [1.82, 2.24) is 20.0 Å². The van der Waals surface area contributed by atoms with Gasteiger partial charge in [0.15, 0.2) is 0 Å². The van der Waals surface area contributed by atoms with Gasteiger partial charge >= 0.3 is 6.09 Å². The minimum Gasteiger partial charge on any atom is -0.495 e. The Morgan fingerprint density at radius 2 is 2.03 bits per heavy atom. The smallest absolute Gasteiger partial charge is 0.407 e. The SMILES string of the molecule is COCCNC(=O)c1ccc2nn(CC3CN(C(=O)O)C3C(C)(C)C)cc2c1OC. The van der Waals surface area contributed by atoms with Gasteiger partial charge in [-0.05, 0) is 17.5 Å². The Morgan fingerprint density at radius 1 is 1.30 bits per heavy atom. The molecule has 2 atom stereocenters. The van der Waals surface area contributed by atoms with Gasteiger partial charge in [-0.15, -0.1) is 0 Å². The summed E-state index contributed by atoms with van der Waals surface area (Å²) >= 11 is 0. The number of carbonyl (C=O) groups is 2. The van der Waals surface area contributed by atoms with Crippen LogP contribution in [0.2, 0.25) is 0 Å². The molecule has 1 saturated heterocycles. The number of amides is 2. The largest absolute Gasteiger partial charge is 0.495 e. The first-order valence-corrected chi connectivity index (χ1v) is 9.98. The molecule has 0 saturated carbocycles. The van der Waals surface area contributed by atoms with Crippen LogP contribution in [0.5, 0.6) is 5.75 Å². The number of hydrogen-bond acceptors (Lipinski definition) is 5. The lowest BCUT2D eigenvalue weighted by atomic mass is 9.72. The summed E-state index contributed by atoms with van der Waals surface area (Å²) in [5, 5.41) is 17.6. The van der Waals surface area contributed by atoms with Crippen LogP contribution in [0.15, 0.2) is 18.3 Å². The van der Waals surface area contributed by atoms with E-state index in [2.05, 4.69) is 31.2 Å². The van der Waals surface area contributed by atoms with E-state index in [0.29, 0.717) is 37.6 Å². The van der Waals surface area contributed by atoms with E-state index in [1.807, 2.05) is 10.9 Å². The summed E-state index contributed by atoms with van der Waals surface area (Å²) in [6.45, 7) is 8.07. The van der Waals surface area contributed by atoms with Crippen molar-refractivity contribution in [2.24, 2.45) is 11.3 Å². The minimum absolute atomic E-state index is 0.0775. The highest BCUT2D eigenvalue weighted by molar-refractivity contribution is 6.03. The highest BCUT2D eigenvalue weighted by atomic mass is 16.5. The molecule has 0 bridgehead atoms. The summed E-state index contributed by atoms with van der Waals surface area (Å²) in [7, 11) is 3.11. The average molecular weight is 418 g/mol. The molecule has 0 spiro atoms. The third-order valence-corrected chi connectivity index (χ3v) is 5.50. The van der Waals surface area contributed by atoms with Gasteiger partial charge in [0, 0.05) is 44.9 Å². The topological polar surface area (TPSA) is 106 Å². The molecule has 1 aromatic carbocycles. The molecule has 2 aromatic rings. The Hall–Kier alpha value is -2.81. The molecule has 164 valence electrons. The van der Waals surface area contributed by atoms with Crippen molar-refractivity contribution < 1.29 is 24.2 Å². The van der Waals surface area contributed by atoms with E-state index in [4.69, 9.17) is 9.47 Å². The van der Waals surface area contributed by atoms with Crippen LogP contribution < -0.4 is 10.1 Å². The molecule has 0 aliphatic carbocycles. The Bertz CT molecular complexity index is 933. The number of likely N-dealkylation sites (tertiary alicyclic amines) is 1. The van der Waals surface area contributed by atoms with Gasteiger partial charge in [0.2, 0.25) is 0 Å². The van der Waals surface area contributed by atoms with E-state index >= 15 is 0 Å². The van der Waals surface area contributed by atoms with Crippen molar-refractivity contribution in [2.45, 2.75) is 33.4 Å². The molecule has 2 unspecified atom stereocenters. The Labute approximate surface area is 175 Å². The highest BCUT2D eigenvalue weighted by Gasteiger charge is 2.48. The number of carboxylic acid groups (broad SMARTS) is 1. The van der Waals surface area contributed by atoms with Crippen LogP contribution in [0.3, 0.4) is 0 Å². The predicted molar refractivity (Wildman–Crippen MR) is 112 cm³/mol. The number of aromatic nitrogens is 2. The van der Waals surface area contributed by atoms with E-state index in [-0.39, 0.29) is 23.3 Å². The molecule has 2 amide bonds. The third-order valence-electron chi connectivity index (χ3n) is 5.50. The number of ether oxygens (including phenoxy) is 2. The Morgan fingerprint density at radius 3 is 2.63 bits per heavy atom. The van der Waals surface area contributed by atoms with Gasteiger partial charge in [0.25, 0.3) is 5.91 Å². The van der Waals surface area contributed by atoms with Crippen LogP contribution in [-0.4, -0.2) is 71.7 Å². The monoisotopic (exact) mass is 418 g/mol. The van der Waals surface area contributed by atoms with Crippen molar-refractivity contribution in [2.75, 3.05) is 33.9 Å². The number of methoxy groups -OCH3 is 2. The van der Waals surface area contributed by atoms with Gasteiger partial charge in [0.05, 0.1) is 30.2 Å². The van der Waals surface area contributed by atoms with Crippen LogP contribution in [0.4, 0.5) is 4.79 Å². The molecule has 30 heavy (non-hydrogen) atoms. The maximum absolute atomic E-state index is 12.5. The number of fused-ring (bicyclic) bond motifs is 1. The molecule has 9 nitrogen and oxygen atoms in total. The van der Waals surface area contributed by atoms with Crippen molar-refractivity contribution >= 4 is 22.9 Å². The first-order valence-electron chi connectivity index (χ1n) is 9.98. The van der Waals surface area contributed by atoms with E-state index in [0.717, 1.165) is 10.9 Å². The maximum Gasteiger partial charge on any atom is 0.407 e. The van der Waals surface area contributed by atoms with Crippen LogP contribution >= 0.6 is 0 Å². The second-order valence-corrected chi connectivity index (χ2v) is 8.68. The normalized spacial score (nSPS) is 18.9. The average Bonchev–Trinajstić information content (AvgIpc) is 3.05. The molecule has 1 aliphatic heterocycles. The van der Waals surface area contributed by atoms with E-state index in [1.54, 1.807) is 19.2 Å². The fourth-order valence-corrected chi connectivity index (χ4v) is 4.32. The van der Waals surface area contributed by atoms with Gasteiger partial charge < -0.3 is 24.8 Å².